The topological polar surface area (TPSA) is 64.3 Å². The van der Waals surface area contributed by atoms with Gasteiger partial charge in [-0.2, -0.15) is 0 Å². The van der Waals surface area contributed by atoms with Gasteiger partial charge in [-0.05, 0) is 6.42 Å². The SMILES string of the molecule is CCC(=O)NC1CCOCC1N. The molecule has 2 unspecified atom stereocenters. The number of nitrogens with two attached hydrogens (primary N) is 1. The van der Waals surface area contributed by atoms with Crippen molar-refractivity contribution in [3.05, 3.63) is 0 Å². The molecule has 1 aliphatic heterocycles. The maximum atomic E-state index is 11.0. The normalized spacial score (nSPS) is 29.8. The van der Waals surface area contributed by atoms with Crippen molar-refractivity contribution in [1.29, 1.82) is 0 Å². The van der Waals surface area contributed by atoms with Crippen LogP contribution in [0.15, 0.2) is 0 Å². The summed E-state index contributed by atoms with van der Waals surface area (Å²) >= 11 is 0. The first kappa shape index (κ1) is 9.48. The Kier molecular flexibility index (Phi) is 3.49. The highest BCUT2D eigenvalue weighted by Gasteiger charge is 2.22. The molecule has 0 radical (unpaired) electrons. The van der Waals surface area contributed by atoms with Gasteiger partial charge in [-0.1, -0.05) is 6.92 Å². The Morgan fingerprint density at radius 3 is 3.08 bits per heavy atom. The molecule has 1 aliphatic rings. The van der Waals surface area contributed by atoms with E-state index in [1.807, 2.05) is 6.92 Å². The van der Waals surface area contributed by atoms with Crippen LogP contribution in [0, 0.1) is 0 Å². The molecule has 0 aromatic carbocycles. The summed E-state index contributed by atoms with van der Waals surface area (Å²) in [6.07, 6.45) is 1.34. The molecule has 0 saturated carbocycles. The molecular weight excluding hydrogens is 156 g/mol. The third-order valence-electron chi connectivity index (χ3n) is 2.07. The summed E-state index contributed by atoms with van der Waals surface area (Å²) in [7, 11) is 0. The lowest BCUT2D eigenvalue weighted by molar-refractivity contribution is -0.122. The summed E-state index contributed by atoms with van der Waals surface area (Å²) in [5.74, 6) is 0.0670. The van der Waals surface area contributed by atoms with Crippen LogP contribution >= 0.6 is 0 Å². The van der Waals surface area contributed by atoms with Gasteiger partial charge < -0.3 is 15.8 Å². The molecule has 4 nitrogen and oxygen atoms in total. The Hall–Kier alpha value is -0.610. The fraction of sp³-hybridized carbons (Fsp3) is 0.875. The first-order valence-electron chi connectivity index (χ1n) is 4.36. The van der Waals surface area contributed by atoms with E-state index in [-0.39, 0.29) is 18.0 Å². The second-order valence-electron chi connectivity index (χ2n) is 3.06. The van der Waals surface area contributed by atoms with Gasteiger partial charge in [-0.3, -0.25) is 4.79 Å². The van der Waals surface area contributed by atoms with E-state index < -0.39 is 0 Å². The first-order chi connectivity index (χ1) is 5.74. The van der Waals surface area contributed by atoms with Crippen LogP contribution in [0.3, 0.4) is 0 Å². The number of ether oxygens (including phenoxy) is 1. The molecule has 12 heavy (non-hydrogen) atoms. The van der Waals surface area contributed by atoms with Crippen LogP contribution in [0.4, 0.5) is 0 Å². The average Bonchev–Trinajstić information content (AvgIpc) is 2.09. The van der Waals surface area contributed by atoms with Crippen LogP contribution in [-0.2, 0) is 9.53 Å². The van der Waals surface area contributed by atoms with Crippen molar-refractivity contribution < 1.29 is 9.53 Å². The van der Waals surface area contributed by atoms with Crippen molar-refractivity contribution in [2.75, 3.05) is 13.2 Å². The van der Waals surface area contributed by atoms with Crippen molar-refractivity contribution >= 4 is 5.91 Å². The smallest absolute Gasteiger partial charge is 0.219 e. The largest absolute Gasteiger partial charge is 0.380 e. The van der Waals surface area contributed by atoms with Crippen LogP contribution < -0.4 is 11.1 Å². The number of amides is 1. The Morgan fingerprint density at radius 1 is 1.75 bits per heavy atom. The van der Waals surface area contributed by atoms with Crippen LogP contribution in [0.1, 0.15) is 19.8 Å². The monoisotopic (exact) mass is 172 g/mol. The molecule has 2 atom stereocenters. The first-order valence-corrected chi connectivity index (χ1v) is 4.36. The molecule has 0 spiro atoms. The number of carbonyl (C=O) groups is 1. The van der Waals surface area contributed by atoms with Crippen LogP contribution in [0.5, 0.6) is 0 Å². The summed E-state index contributed by atoms with van der Waals surface area (Å²) in [6.45, 7) is 3.08. The van der Waals surface area contributed by atoms with E-state index in [1.165, 1.54) is 0 Å². The lowest BCUT2D eigenvalue weighted by atomic mass is 10.0. The summed E-state index contributed by atoms with van der Waals surface area (Å²) in [5.41, 5.74) is 5.74. The third kappa shape index (κ3) is 2.46. The molecule has 1 rings (SSSR count). The van der Waals surface area contributed by atoms with Crippen molar-refractivity contribution in [3.63, 3.8) is 0 Å². The van der Waals surface area contributed by atoms with E-state index in [1.54, 1.807) is 0 Å². The lowest BCUT2D eigenvalue weighted by Crippen LogP contribution is -2.52. The summed E-state index contributed by atoms with van der Waals surface area (Å²) in [4.78, 5) is 11.0. The molecule has 1 fully saturated rings. The van der Waals surface area contributed by atoms with Gasteiger partial charge >= 0.3 is 0 Å². The van der Waals surface area contributed by atoms with Crippen LogP contribution in [0.2, 0.25) is 0 Å². The Labute approximate surface area is 72.5 Å². The molecule has 0 aromatic heterocycles. The van der Waals surface area contributed by atoms with Crippen molar-refractivity contribution in [3.8, 4) is 0 Å². The molecule has 1 saturated heterocycles. The Bertz CT molecular complexity index is 161. The van der Waals surface area contributed by atoms with Gasteiger partial charge in [0.1, 0.15) is 0 Å². The lowest BCUT2D eigenvalue weighted by Gasteiger charge is -2.29. The minimum atomic E-state index is -0.0470. The maximum Gasteiger partial charge on any atom is 0.219 e. The third-order valence-corrected chi connectivity index (χ3v) is 2.07. The zero-order valence-electron chi connectivity index (χ0n) is 7.38. The standard InChI is InChI=1S/C8H16N2O2/c1-2-8(11)10-7-3-4-12-5-6(7)9/h6-7H,2-5,9H2,1H3,(H,10,11). The summed E-state index contributed by atoms with van der Waals surface area (Å²) in [6, 6.07) is 0.0560. The highest BCUT2D eigenvalue weighted by atomic mass is 16.5. The van der Waals surface area contributed by atoms with E-state index in [4.69, 9.17) is 10.5 Å². The molecule has 1 heterocycles. The number of hydrogen-bond donors (Lipinski definition) is 2. The van der Waals surface area contributed by atoms with Crippen LogP contribution in [-0.4, -0.2) is 31.2 Å². The highest BCUT2D eigenvalue weighted by Crippen LogP contribution is 2.05. The molecule has 0 aromatic rings. The molecule has 1 amide bonds. The number of hydrogen-bond acceptors (Lipinski definition) is 3. The minimum absolute atomic E-state index is 0.0470. The van der Waals surface area contributed by atoms with E-state index in [0.29, 0.717) is 19.6 Å². The van der Waals surface area contributed by atoms with Crippen LogP contribution in [0.25, 0.3) is 0 Å². The maximum absolute atomic E-state index is 11.0. The highest BCUT2D eigenvalue weighted by molar-refractivity contribution is 5.75. The van der Waals surface area contributed by atoms with Gasteiger partial charge in [-0.25, -0.2) is 0 Å². The average molecular weight is 172 g/mol. The Balaban J connectivity index is 2.33. The summed E-state index contributed by atoms with van der Waals surface area (Å²) < 4.78 is 5.15. The van der Waals surface area contributed by atoms with Crippen molar-refractivity contribution in [2.45, 2.75) is 31.8 Å². The van der Waals surface area contributed by atoms with Gasteiger partial charge in [0, 0.05) is 25.1 Å². The molecule has 4 heteroatoms. The van der Waals surface area contributed by atoms with Gasteiger partial charge in [0.2, 0.25) is 5.91 Å². The van der Waals surface area contributed by atoms with E-state index in [0.717, 1.165) is 6.42 Å². The van der Waals surface area contributed by atoms with E-state index >= 15 is 0 Å². The predicted molar refractivity (Wildman–Crippen MR) is 45.6 cm³/mol. The Morgan fingerprint density at radius 2 is 2.50 bits per heavy atom. The number of nitrogens with one attached hydrogen (secondary N) is 1. The van der Waals surface area contributed by atoms with Gasteiger partial charge in [-0.15, -0.1) is 0 Å². The molecule has 70 valence electrons. The quantitative estimate of drug-likeness (QED) is 0.597. The molecule has 3 N–H and O–H groups in total. The second-order valence-corrected chi connectivity index (χ2v) is 3.06. The predicted octanol–water partition coefficient (Wildman–Crippen LogP) is -0.371. The molecular formula is C8H16N2O2. The summed E-state index contributed by atoms with van der Waals surface area (Å²) in [5, 5.41) is 2.87. The van der Waals surface area contributed by atoms with Crippen molar-refractivity contribution in [1.82, 2.24) is 5.32 Å². The van der Waals surface area contributed by atoms with E-state index in [9.17, 15) is 4.79 Å². The second kappa shape index (κ2) is 4.42. The fourth-order valence-corrected chi connectivity index (χ4v) is 1.25. The van der Waals surface area contributed by atoms with Gasteiger partial charge in [0.05, 0.1) is 6.61 Å². The van der Waals surface area contributed by atoms with Gasteiger partial charge in [0.15, 0.2) is 0 Å². The molecule has 0 aliphatic carbocycles. The van der Waals surface area contributed by atoms with Crippen molar-refractivity contribution in [2.24, 2.45) is 5.73 Å². The van der Waals surface area contributed by atoms with Gasteiger partial charge in [0.25, 0.3) is 0 Å². The zero-order valence-corrected chi connectivity index (χ0v) is 7.38. The number of carbonyl (C=O) groups excluding carboxylic acids is 1. The number of rotatable bonds is 2. The minimum Gasteiger partial charge on any atom is -0.380 e. The van der Waals surface area contributed by atoms with E-state index in [2.05, 4.69) is 5.32 Å². The fourth-order valence-electron chi connectivity index (χ4n) is 1.25. The molecule has 0 bridgehead atoms. The zero-order chi connectivity index (χ0) is 8.97.